The number of benzene rings is 1. The molecule has 0 unspecified atom stereocenters. The lowest BCUT2D eigenvalue weighted by atomic mass is 10.1. The Morgan fingerprint density at radius 1 is 1.07 bits per heavy atom. The molecule has 1 aromatic carbocycles. The molecular formula is C21H16ClN3O2S. The first-order valence-electron chi connectivity index (χ1n) is 8.62. The van der Waals surface area contributed by atoms with Crippen molar-refractivity contribution in [3.63, 3.8) is 0 Å². The van der Waals surface area contributed by atoms with Crippen molar-refractivity contribution in [2.75, 3.05) is 5.32 Å². The van der Waals surface area contributed by atoms with Crippen LogP contribution in [0.2, 0.25) is 5.02 Å². The van der Waals surface area contributed by atoms with Crippen molar-refractivity contribution >= 4 is 46.0 Å². The van der Waals surface area contributed by atoms with Crippen LogP contribution in [0.5, 0.6) is 0 Å². The van der Waals surface area contributed by atoms with Gasteiger partial charge in [0.05, 0.1) is 17.8 Å². The summed E-state index contributed by atoms with van der Waals surface area (Å²) in [5, 5.41) is 5.62. The van der Waals surface area contributed by atoms with Gasteiger partial charge in [-0.15, -0.1) is 11.3 Å². The highest BCUT2D eigenvalue weighted by atomic mass is 35.5. The molecule has 0 saturated heterocycles. The minimum Gasteiger partial charge on any atom is -0.350 e. The van der Waals surface area contributed by atoms with Gasteiger partial charge >= 0.3 is 0 Å². The maximum Gasteiger partial charge on any atom is 0.278 e. The molecule has 0 saturated carbocycles. The second-order valence-electron chi connectivity index (χ2n) is 6.28. The van der Waals surface area contributed by atoms with Crippen LogP contribution in [0.1, 0.15) is 16.1 Å². The number of pyridine rings is 1. The number of carbonyl (C=O) groups is 2. The minimum absolute atomic E-state index is 0.118. The monoisotopic (exact) mass is 409 g/mol. The summed E-state index contributed by atoms with van der Waals surface area (Å²) in [6.07, 6.45) is 1.64. The van der Waals surface area contributed by atoms with Crippen LogP contribution in [0.4, 0.5) is 5.69 Å². The van der Waals surface area contributed by atoms with E-state index in [-0.39, 0.29) is 24.1 Å². The van der Waals surface area contributed by atoms with Crippen molar-refractivity contribution in [3.8, 4) is 0 Å². The van der Waals surface area contributed by atoms with Gasteiger partial charge in [0.25, 0.3) is 11.8 Å². The Bertz CT molecular complexity index is 1080. The number of imide groups is 1. The highest BCUT2D eigenvalue weighted by Gasteiger charge is 2.40. The first-order valence-corrected chi connectivity index (χ1v) is 9.88. The fourth-order valence-electron chi connectivity index (χ4n) is 3.02. The molecule has 3 heterocycles. The van der Waals surface area contributed by atoms with E-state index in [1.807, 2.05) is 36.6 Å². The van der Waals surface area contributed by atoms with Crippen LogP contribution in [0.3, 0.4) is 0 Å². The number of thiophene rings is 1. The van der Waals surface area contributed by atoms with E-state index in [0.29, 0.717) is 22.0 Å². The molecule has 0 aliphatic carbocycles. The third kappa shape index (κ3) is 3.32. The maximum absolute atomic E-state index is 13.2. The number of nitrogens with one attached hydrogen (secondary N) is 1. The summed E-state index contributed by atoms with van der Waals surface area (Å²) < 4.78 is 0. The van der Waals surface area contributed by atoms with Crippen molar-refractivity contribution in [2.24, 2.45) is 0 Å². The number of amides is 2. The number of halogens is 1. The Balaban J connectivity index is 1.74. The number of anilines is 1. The van der Waals surface area contributed by atoms with Crippen LogP contribution < -0.4 is 5.32 Å². The van der Waals surface area contributed by atoms with Gasteiger partial charge in [-0.05, 0) is 48.2 Å². The Labute approximate surface area is 171 Å². The van der Waals surface area contributed by atoms with E-state index in [4.69, 9.17) is 11.6 Å². The molecule has 0 spiro atoms. The number of carbonyl (C=O) groups excluding carboxylic acids is 2. The Morgan fingerprint density at radius 2 is 1.93 bits per heavy atom. The zero-order chi connectivity index (χ0) is 19.7. The molecule has 7 heteroatoms. The van der Waals surface area contributed by atoms with Gasteiger partial charge < -0.3 is 5.32 Å². The Morgan fingerprint density at radius 3 is 2.64 bits per heavy atom. The lowest BCUT2D eigenvalue weighted by Gasteiger charge is -2.15. The second-order valence-corrected chi connectivity index (χ2v) is 7.64. The lowest BCUT2D eigenvalue weighted by molar-refractivity contribution is -0.137. The molecule has 0 fully saturated rings. The van der Waals surface area contributed by atoms with Crippen LogP contribution in [-0.2, 0) is 16.1 Å². The molecule has 4 rings (SSSR count). The van der Waals surface area contributed by atoms with E-state index in [1.165, 1.54) is 16.2 Å². The molecule has 1 aliphatic heterocycles. The van der Waals surface area contributed by atoms with Crippen LogP contribution in [0.15, 0.2) is 65.8 Å². The van der Waals surface area contributed by atoms with Crippen molar-refractivity contribution in [3.05, 3.63) is 87.0 Å². The Hall–Kier alpha value is -2.96. The lowest BCUT2D eigenvalue weighted by Crippen LogP contribution is -2.32. The average Bonchev–Trinajstić information content (AvgIpc) is 3.29. The third-order valence-electron chi connectivity index (χ3n) is 4.51. The first kappa shape index (κ1) is 18.4. The van der Waals surface area contributed by atoms with Gasteiger partial charge in [0.1, 0.15) is 5.70 Å². The summed E-state index contributed by atoms with van der Waals surface area (Å²) >= 11 is 7.63. The third-order valence-corrected chi connectivity index (χ3v) is 5.81. The summed E-state index contributed by atoms with van der Waals surface area (Å²) in [4.78, 5) is 32.5. The highest BCUT2D eigenvalue weighted by Crippen LogP contribution is 2.34. The fourth-order valence-corrected chi connectivity index (χ4v) is 3.96. The number of rotatable bonds is 5. The van der Waals surface area contributed by atoms with Crippen molar-refractivity contribution in [1.29, 1.82) is 0 Å². The maximum atomic E-state index is 13.2. The van der Waals surface area contributed by atoms with Gasteiger partial charge in [0, 0.05) is 21.8 Å². The molecular weight excluding hydrogens is 394 g/mol. The largest absolute Gasteiger partial charge is 0.350 e. The van der Waals surface area contributed by atoms with Gasteiger partial charge in [-0.2, -0.15) is 0 Å². The standard InChI is InChI=1S/C21H16ClN3O2S/c1-13-15(22)7-4-8-16(13)24-19-18(17-9-5-11-28-17)20(26)25(21(19)27)12-14-6-2-3-10-23-14/h2-11,24H,12H2,1H3. The van der Waals surface area contributed by atoms with Crippen LogP contribution in [-0.4, -0.2) is 21.7 Å². The second kappa shape index (κ2) is 7.58. The van der Waals surface area contributed by atoms with E-state index in [0.717, 1.165) is 10.4 Å². The normalized spacial score (nSPS) is 14.1. The van der Waals surface area contributed by atoms with Gasteiger partial charge in [-0.1, -0.05) is 29.8 Å². The van der Waals surface area contributed by atoms with Gasteiger partial charge in [-0.25, -0.2) is 0 Å². The number of hydrogen-bond acceptors (Lipinski definition) is 5. The molecule has 1 N–H and O–H groups in total. The average molecular weight is 410 g/mol. The van der Waals surface area contributed by atoms with E-state index in [2.05, 4.69) is 10.3 Å². The SMILES string of the molecule is Cc1c(Cl)cccc1NC1=C(c2cccs2)C(=O)N(Cc2ccccn2)C1=O. The van der Waals surface area contributed by atoms with Crippen LogP contribution >= 0.6 is 22.9 Å². The number of aromatic nitrogens is 1. The fraction of sp³-hybridized carbons (Fsp3) is 0.0952. The molecule has 1 aliphatic rings. The molecule has 0 radical (unpaired) electrons. The first-order chi connectivity index (χ1) is 13.6. The van der Waals surface area contributed by atoms with Crippen molar-refractivity contribution in [1.82, 2.24) is 9.88 Å². The van der Waals surface area contributed by atoms with Gasteiger partial charge in [0.2, 0.25) is 0 Å². The Kier molecular flexibility index (Phi) is 4.98. The number of nitrogens with zero attached hydrogens (tertiary/aromatic N) is 2. The summed E-state index contributed by atoms with van der Waals surface area (Å²) in [6, 6.07) is 14.5. The van der Waals surface area contributed by atoms with E-state index in [1.54, 1.807) is 30.5 Å². The molecule has 2 amide bonds. The summed E-state index contributed by atoms with van der Waals surface area (Å²) in [5.74, 6) is -0.710. The molecule has 2 aromatic heterocycles. The number of hydrogen-bond donors (Lipinski definition) is 1. The summed E-state index contributed by atoms with van der Waals surface area (Å²) in [5.41, 5.74) is 2.78. The molecule has 0 atom stereocenters. The summed E-state index contributed by atoms with van der Waals surface area (Å²) in [7, 11) is 0. The zero-order valence-electron chi connectivity index (χ0n) is 15.0. The smallest absolute Gasteiger partial charge is 0.278 e. The molecule has 28 heavy (non-hydrogen) atoms. The van der Waals surface area contributed by atoms with Crippen molar-refractivity contribution in [2.45, 2.75) is 13.5 Å². The zero-order valence-corrected chi connectivity index (χ0v) is 16.6. The van der Waals surface area contributed by atoms with Crippen LogP contribution in [0, 0.1) is 6.92 Å². The van der Waals surface area contributed by atoms with Crippen LogP contribution in [0.25, 0.3) is 5.57 Å². The van der Waals surface area contributed by atoms with Gasteiger partial charge in [-0.3, -0.25) is 19.5 Å². The predicted octanol–water partition coefficient (Wildman–Crippen LogP) is 4.50. The molecule has 3 aromatic rings. The van der Waals surface area contributed by atoms with E-state index in [9.17, 15) is 9.59 Å². The quantitative estimate of drug-likeness (QED) is 0.630. The summed E-state index contributed by atoms with van der Waals surface area (Å²) in [6.45, 7) is 1.98. The van der Waals surface area contributed by atoms with E-state index >= 15 is 0 Å². The van der Waals surface area contributed by atoms with E-state index < -0.39 is 0 Å². The topological polar surface area (TPSA) is 62.3 Å². The highest BCUT2D eigenvalue weighted by molar-refractivity contribution is 7.11. The van der Waals surface area contributed by atoms with Gasteiger partial charge in [0.15, 0.2) is 0 Å². The van der Waals surface area contributed by atoms with Crippen molar-refractivity contribution < 1.29 is 9.59 Å². The molecule has 0 bridgehead atoms. The predicted molar refractivity (Wildman–Crippen MR) is 111 cm³/mol. The molecule has 5 nitrogen and oxygen atoms in total. The minimum atomic E-state index is -0.376. The molecule has 140 valence electrons.